The summed E-state index contributed by atoms with van der Waals surface area (Å²) in [4.78, 5) is 22.9. The first-order valence-electron chi connectivity index (χ1n) is 10.9. The molecular formula is C24H27Cl3FN5O3. The lowest BCUT2D eigenvalue weighted by Crippen LogP contribution is -2.37. The quantitative estimate of drug-likeness (QED) is 0.274. The highest BCUT2D eigenvalue weighted by atomic mass is 35.5. The Kier molecular flexibility index (Phi) is 11.6. The van der Waals surface area contributed by atoms with Crippen LogP contribution in [-0.2, 0) is 9.53 Å². The average molecular weight is 559 g/mol. The Balaban J connectivity index is 0.00000228. The third kappa shape index (κ3) is 7.41. The molecule has 0 unspecified atom stereocenters. The molecule has 1 saturated heterocycles. The van der Waals surface area contributed by atoms with E-state index in [-0.39, 0.29) is 41.4 Å². The van der Waals surface area contributed by atoms with Crippen LogP contribution < -0.4 is 15.4 Å². The van der Waals surface area contributed by atoms with Gasteiger partial charge in [0, 0.05) is 31.1 Å². The minimum Gasteiger partial charge on any atom is -0.491 e. The van der Waals surface area contributed by atoms with Crippen molar-refractivity contribution in [1.29, 1.82) is 0 Å². The van der Waals surface area contributed by atoms with Crippen molar-refractivity contribution in [3.63, 3.8) is 0 Å². The first-order chi connectivity index (χ1) is 16.5. The maximum Gasteiger partial charge on any atom is 0.247 e. The standard InChI is InChI=1S/C24H25ClFN5O3.2ClH/c1-2-22(32)29-20-13-16-19(14-21(20)34-10-4-7-31-8-11-33-12-9-31)27-15-28-24(16)30-18-6-3-5-17(25)23(18)26;;/h2-3,5-6,13-15H,1,4,7-12H2,(H,29,32)(H,27,28,30);2*1H. The number of ether oxygens (including phenoxy) is 2. The Morgan fingerprint density at radius 2 is 2.00 bits per heavy atom. The van der Waals surface area contributed by atoms with Gasteiger partial charge in [-0.05, 0) is 30.7 Å². The zero-order valence-corrected chi connectivity index (χ0v) is 21.7. The molecule has 0 aliphatic carbocycles. The lowest BCUT2D eigenvalue weighted by atomic mass is 10.1. The number of carbonyl (C=O) groups is 1. The number of nitrogens with zero attached hydrogens (tertiary/aromatic N) is 3. The van der Waals surface area contributed by atoms with Gasteiger partial charge < -0.3 is 20.1 Å². The van der Waals surface area contributed by atoms with Crippen LogP contribution in [0.4, 0.5) is 21.6 Å². The fourth-order valence-electron chi connectivity index (χ4n) is 3.61. The summed E-state index contributed by atoms with van der Waals surface area (Å²) in [6.45, 7) is 8.19. The minimum atomic E-state index is -0.587. The SMILES string of the molecule is C=CC(=O)Nc1cc2c(Nc3cccc(Cl)c3F)ncnc2cc1OCCCN1CCOCC1.Cl.Cl. The fourth-order valence-corrected chi connectivity index (χ4v) is 3.78. The van der Waals surface area contributed by atoms with Gasteiger partial charge >= 0.3 is 0 Å². The van der Waals surface area contributed by atoms with E-state index in [1.807, 2.05) is 0 Å². The zero-order chi connectivity index (χ0) is 23.9. The van der Waals surface area contributed by atoms with Crippen molar-refractivity contribution < 1.29 is 18.7 Å². The number of hydrogen-bond donors (Lipinski definition) is 2. The van der Waals surface area contributed by atoms with E-state index in [1.54, 1.807) is 24.3 Å². The van der Waals surface area contributed by atoms with Crippen LogP contribution in [0.3, 0.4) is 0 Å². The van der Waals surface area contributed by atoms with Gasteiger partial charge in [-0.15, -0.1) is 24.8 Å². The van der Waals surface area contributed by atoms with Gasteiger partial charge in [0.1, 0.15) is 17.9 Å². The Morgan fingerprint density at radius 1 is 1.22 bits per heavy atom. The first kappa shape index (κ1) is 29.5. The summed E-state index contributed by atoms with van der Waals surface area (Å²) in [7, 11) is 0. The number of morpholine rings is 1. The van der Waals surface area contributed by atoms with Crippen LogP contribution in [0.25, 0.3) is 10.9 Å². The Morgan fingerprint density at radius 3 is 2.75 bits per heavy atom. The molecule has 1 aliphatic heterocycles. The number of anilines is 3. The highest BCUT2D eigenvalue weighted by Gasteiger charge is 2.15. The Labute approximate surface area is 226 Å². The summed E-state index contributed by atoms with van der Waals surface area (Å²) >= 11 is 5.90. The normalized spacial score (nSPS) is 13.3. The second-order valence-electron chi connectivity index (χ2n) is 7.66. The highest BCUT2D eigenvalue weighted by molar-refractivity contribution is 6.31. The van der Waals surface area contributed by atoms with Crippen molar-refractivity contribution in [2.45, 2.75) is 6.42 Å². The summed E-state index contributed by atoms with van der Waals surface area (Å²) in [5.41, 5.74) is 1.18. The second-order valence-corrected chi connectivity index (χ2v) is 8.07. The van der Waals surface area contributed by atoms with Crippen molar-refractivity contribution in [3.05, 3.63) is 60.2 Å². The van der Waals surface area contributed by atoms with Crippen LogP contribution in [0.5, 0.6) is 5.75 Å². The van der Waals surface area contributed by atoms with Crippen LogP contribution in [0, 0.1) is 5.82 Å². The van der Waals surface area contributed by atoms with Gasteiger partial charge in [0.15, 0.2) is 5.82 Å². The van der Waals surface area contributed by atoms with Gasteiger partial charge in [0.25, 0.3) is 0 Å². The maximum atomic E-state index is 14.4. The Hall–Kier alpha value is -2.69. The van der Waals surface area contributed by atoms with E-state index in [4.69, 9.17) is 21.1 Å². The summed E-state index contributed by atoms with van der Waals surface area (Å²) in [5.74, 6) is -0.136. The monoisotopic (exact) mass is 557 g/mol. The molecule has 1 fully saturated rings. The number of carbonyl (C=O) groups excluding carboxylic acids is 1. The molecule has 8 nitrogen and oxygen atoms in total. The fraction of sp³-hybridized carbons (Fsp3) is 0.292. The average Bonchev–Trinajstić information content (AvgIpc) is 2.85. The highest BCUT2D eigenvalue weighted by Crippen LogP contribution is 2.34. The van der Waals surface area contributed by atoms with E-state index in [2.05, 4.69) is 32.1 Å². The number of halogens is 4. The smallest absolute Gasteiger partial charge is 0.247 e. The molecule has 1 amide bonds. The van der Waals surface area contributed by atoms with E-state index < -0.39 is 5.82 Å². The number of benzene rings is 2. The molecule has 0 radical (unpaired) electrons. The largest absolute Gasteiger partial charge is 0.491 e. The predicted octanol–water partition coefficient (Wildman–Crippen LogP) is 5.24. The van der Waals surface area contributed by atoms with E-state index in [0.29, 0.717) is 34.8 Å². The van der Waals surface area contributed by atoms with E-state index in [9.17, 15) is 9.18 Å². The minimum absolute atomic E-state index is 0. The number of aromatic nitrogens is 2. The molecule has 36 heavy (non-hydrogen) atoms. The second kappa shape index (κ2) is 14.2. The molecule has 0 spiro atoms. The molecule has 2 N–H and O–H groups in total. The molecule has 194 valence electrons. The number of nitrogens with one attached hydrogen (secondary N) is 2. The van der Waals surface area contributed by atoms with E-state index in [1.165, 1.54) is 18.5 Å². The summed E-state index contributed by atoms with van der Waals surface area (Å²) < 4.78 is 25.8. The molecule has 2 aromatic carbocycles. The van der Waals surface area contributed by atoms with Gasteiger partial charge in [-0.2, -0.15) is 0 Å². The van der Waals surface area contributed by atoms with Gasteiger partial charge in [0.05, 0.1) is 41.7 Å². The van der Waals surface area contributed by atoms with Crippen molar-refractivity contribution in [3.8, 4) is 5.75 Å². The van der Waals surface area contributed by atoms with Crippen LogP contribution in [0.2, 0.25) is 5.02 Å². The van der Waals surface area contributed by atoms with Crippen LogP contribution >= 0.6 is 36.4 Å². The summed E-state index contributed by atoms with van der Waals surface area (Å²) in [5, 5.41) is 6.29. The third-order valence-corrected chi connectivity index (χ3v) is 5.66. The van der Waals surface area contributed by atoms with Crippen molar-refractivity contribution in [1.82, 2.24) is 14.9 Å². The number of fused-ring (bicyclic) bond motifs is 1. The summed E-state index contributed by atoms with van der Waals surface area (Å²) in [6, 6.07) is 8.08. The van der Waals surface area contributed by atoms with Gasteiger partial charge in [-0.3, -0.25) is 9.69 Å². The molecule has 1 aliphatic rings. The van der Waals surface area contributed by atoms with Crippen molar-refractivity contribution in [2.24, 2.45) is 0 Å². The van der Waals surface area contributed by atoms with Crippen LogP contribution in [0.15, 0.2) is 49.3 Å². The predicted molar refractivity (Wildman–Crippen MR) is 145 cm³/mol. The number of hydrogen-bond acceptors (Lipinski definition) is 7. The van der Waals surface area contributed by atoms with Crippen LogP contribution in [0.1, 0.15) is 6.42 Å². The number of amides is 1. The van der Waals surface area contributed by atoms with Crippen LogP contribution in [-0.4, -0.2) is 60.2 Å². The van der Waals surface area contributed by atoms with Gasteiger partial charge in [0.2, 0.25) is 5.91 Å². The molecule has 12 heteroatoms. The molecular weight excluding hydrogens is 532 g/mol. The summed E-state index contributed by atoms with van der Waals surface area (Å²) in [6.07, 6.45) is 3.36. The maximum absolute atomic E-state index is 14.4. The molecule has 1 aromatic heterocycles. The van der Waals surface area contributed by atoms with Crippen molar-refractivity contribution in [2.75, 3.05) is 50.1 Å². The number of rotatable bonds is 9. The Bertz CT molecular complexity index is 1200. The molecule has 0 saturated carbocycles. The zero-order valence-electron chi connectivity index (χ0n) is 19.3. The molecule has 3 aromatic rings. The molecule has 4 rings (SSSR count). The van der Waals surface area contributed by atoms with Gasteiger partial charge in [-0.25, -0.2) is 14.4 Å². The van der Waals surface area contributed by atoms with Gasteiger partial charge in [-0.1, -0.05) is 24.2 Å². The lowest BCUT2D eigenvalue weighted by molar-refractivity contribution is -0.111. The third-order valence-electron chi connectivity index (χ3n) is 5.36. The lowest BCUT2D eigenvalue weighted by Gasteiger charge is -2.26. The molecule has 2 heterocycles. The van der Waals surface area contributed by atoms with E-state index in [0.717, 1.165) is 39.3 Å². The van der Waals surface area contributed by atoms with E-state index >= 15 is 0 Å². The molecule has 0 bridgehead atoms. The first-order valence-corrected chi connectivity index (χ1v) is 11.3. The van der Waals surface area contributed by atoms with Crippen molar-refractivity contribution >= 4 is 70.4 Å². The topological polar surface area (TPSA) is 88.6 Å². The molecule has 0 atom stereocenters.